The molecule has 1 aliphatic rings. The number of guanidine groups is 1. The van der Waals surface area contributed by atoms with Gasteiger partial charge in [-0.1, -0.05) is 23.8 Å². The van der Waals surface area contributed by atoms with Crippen molar-refractivity contribution < 1.29 is 4.79 Å². The number of hydrogen-bond donors (Lipinski definition) is 2. The van der Waals surface area contributed by atoms with E-state index in [1.807, 2.05) is 46.8 Å². The zero-order chi connectivity index (χ0) is 14.2. The fourth-order valence-electron chi connectivity index (χ4n) is 2.44. The van der Waals surface area contributed by atoms with Gasteiger partial charge in [0, 0.05) is 6.04 Å². The zero-order valence-corrected chi connectivity index (χ0v) is 12.2. The van der Waals surface area contributed by atoms with Crippen LogP contribution in [-0.2, 0) is 10.3 Å². The number of amides is 1. The van der Waals surface area contributed by atoms with Crippen LogP contribution in [0.1, 0.15) is 37.5 Å². The Balaban J connectivity index is 2.40. The van der Waals surface area contributed by atoms with Crippen LogP contribution >= 0.6 is 0 Å². The molecule has 4 nitrogen and oxygen atoms in total. The number of carbonyl (C=O) groups excluding carboxylic acids is 1. The summed E-state index contributed by atoms with van der Waals surface area (Å²) in [5.41, 5.74) is 2.55. The van der Waals surface area contributed by atoms with E-state index in [1.165, 1.54) is 5.56 Å². The maximum atomic E-state index is 12.3. The molecule has 1 saturated heterocycles. The fraction of sp³-hybridized carbons (Fsp3) is 0.467. The van der Waals surface area contributed by atoms with Gasteiger partial charge >= 0.3 is 0 Å². The van der Waals surface area contributed by atoms with Crippen molar-refractivity contribution in [2.45, 2.75) is 46.2 Å². The largest absolute Gasteiger partial charge is 0.338 e. The average molecular weight is 259 g/mol. The van der Waals surface area contributed by atoms with E-state index in [1.54, 1.807) is 0 Å². The van der Waals surface area contributed by atoms with E-state index >= 15 is 0 Å². The molecule has 1 fully saturated rings. The predicted octanol–water partition coefficient (Wildman–Crippen LogP) is 2.00. The zero-order valence-electron chi connectivity index (χ0n) is 12.2. The first-order chi connectivity index (χ1) is 8.83. The number of hydrogen-bond acceptors (Lipinski definition) is 2. The Hall–Kier alpha value is -1.84. The predicted molar refractivity (Wildman–Crippen MR) is 77.1 cm³/mol. The van der Waals surface area contributed by atoms with Crippen LogP contribution in [0.2, 0.25) is 0 Å². The van der Waals surface area contributed by atoms with Gasteiger partial charge in [-0.05, 0) is 45.7 Å². The second kappa shape index (κ2) is 4.68. The smallest absolute Gasteiger partial charge is 0.256 e. The lowest BCUT2D eigenvalue weighted by Crippen LogP contribution is -2.41. The highest BCUT2D eigenvalue weighted by molar-refractivity contribution is 6.09. The van der Waals surface area contributed by atoms with Crippen LogP contribution in [0.15, 0.2) is 23.2 Å². The third-order valence-corrected chi connectivity index (χ3v) is 3.36. The summed E-state index contributed by atoms with van der Waals surface area (Å²) in [7, 11) is 0. The first-order valence-electron chi connectivity index (χ1n) is 6.58. The van der Waals surface area contributed by atoms with Crippen molar-refractivity contribution in [3.63, 3.8) is 0 Å². The number of aliphatic imine (C=N–C) groups is 1. The van der Waals surface area contributed by atoms with E-state index in [-0.39, 0.29) is 11.9 Å². The molecular formula is C15H21N3O. The molecule has 19 heavy (non-hydrogen) atoms. The van der Waals surface area contributed by atoms with Crippen molar-refractivity contribution >= 4 is 11.9 Å². The van der Waals surface area contributed by atoms with Gasteiger partial charge in [0.25, 0.3) is 5.91 Å². The van der Waals surface area contributed by atoms with Crippen LogP contribution in [0.3, 0.4) is 0 Å². The fourth-order valence-corrected chi connectivity index (χ4v) is 2.44. The summed E-state index contributed by atoms with van der Waals surface area (Å²) < 4.78 is 0. The molecule has 0 aliphatic carbocycles. The summed E-state index contributed by atoms with van der Waals surface area (Å²) >= 11 is 0. The number of carbonyl (C=O) groups is 1. The highest BCUT2D eigenvalue weighted by Crippen LogP contribution is 2.27. The lowest BCUT2D eigenvalue weighted by Gasteiger charge is -2.24. The minimum atomic E-state index is -0.745. The number of benzene rings is 1. The first-order valence-corrected chi connectivity index (χ1v) is 6.58. The number of nitrogens with one attached hydrogen (secondary N) is 2. The topological polar surface area (TPSA) is 53.5 Å². The Kier molecular flexibility index (Phi) is 3.35. The molecule has 4 heteroatoms. The first kappa shape index (κ1) is 13.6. The Morgan fingerprint density at radius 2 is 1.95 bits per heavy atom. The third-order valence-electron chi connectivity index (χ3n) is 3.36. The van der Waals surface area contributed by atoms with Gasteiger partial charge in [-0.15, -0.1) is 0 Å². The highest BCUT2D eigenvalue weighted by Gasteiger charge is 2.43. The van der Waals surface area contributed by atoms with E-state index in [2.05, 4.69) is 21.7 Å². The Morgan fingerprint density at radius 1 is 1.26 bits per heavy atom. The monoisotopic (exact) mass is 259 g/mol. The molecule has 0 saturated carbocycles. The summed E-state index contributed by atoms with van der Waals surface area (Å²) in [5, 5.41) is 6.03. The highest BCUT2D eigenvalue weighted by atomic mass is 16.2. The van der Waals surface area contributed by atoms with Crippen LogP contribution in [-0.4, -0.2) is 17.9 Å². The SMILES string of the molecule is Cc1ccc(C2(C)NC(=NC(C)C)NC2=O)c(C)c1. The van der Waals surface area contributed by atoms with Crippen molar-refractivity contribution in [1.29, 1.82) is 0 Å². The van der Waals surface area contributed by atoms with E-state index in [4.69, 9.17) is 0 Å². The Labute approximate surface area is 114 Å². The quantitative estimate of drug-likeness (QED) is 0.853. The lowest BCUT2D eigenvalue weighted by molar-refractivity contribution is -0.123. The summed E-state index contributed by atoms with van der Waals surface area (Å²) in [6.45, 7) is 9.93. The van der Waals surface area contributed by atoms with Crippen molar-refractivity contribution in [2.24, 2.45) is 4.99 Å². The minimum absolute atomic E-state index is 0.0566. The Bertz CT molecular complexity index is 548. The van der Waals surface area contributed by atoms with Crippen LogP contribution in [0.25, 0.3) is 0 Å². The Morgan fingerprint density at radius 3 is 2.53 bits per heavy atom. The maximum absolute atomic E-state index is 12.3. The van der Waals surface area contributed by atoms with E-state index < -0.39 is 5.54 Å². The second-order valence-corrected chi connectivity index (χ2v) is 5.59. The summed E-state index contributed by atoms with van der Waals surface area (Å²) in [6, 6.07) is 6.27. The molecule has 0 aromatic heterocycles. The normalized spacial score (nSPS) is 24.7. The molecule has 1 heterocycles. The lowest BCUT2D eigenvalue weighted by atomic mass is 9.88. The van der Waals surface area contributed by atoms with Gasteiger partial charge in [0.2, 0.25) is 0 Å². The molecule has 1 amide bonds. The van der Waals surface area contributed by atoms with Crippen molar-refractivity contribution in [2.75, 3.05) is 0 Å². The summed E-state index contributed by atoms with van der Waals surface area (Å²) in [6.07, 6.45) is 0. The van der Waals surface area contributed by atoms with E-state index in [9.17, 15) is 4.79 Å². The average Bonchev–Trinajstić information content (AvgIpc) is 2.53. The van der Waals surface area contributed by atoms with Gasteiger partial charge in [0.15, 0.2) is 5.96 Å². The number of rotatable bonds is 2. The molecule has 2 N–H and O–H groups in total. The molecule has 1 aliphatic heterocycles. The van der Waals surface area contributed by atoms with Gasteiger partial charge in [-0.3, -0.25) is 15.1 Å². The summed E-state index contributed by atoms with van der Waals surface area (Å²) in [5.74, 6) is 0.501. The second-order valence-electron chi connectivity index (χ2n) is 5.59. The van der Waals surface area contributed by atoms with Gasteiger partial charge in [0.1, 0.15) is 5.54 Å². The molecule has 1 atom stereocenters. The third kappa shape index (κ3) is 2.48. The van der Waals surface area contributed by atoms with E-state index in [0.29, 0.717) is 5.96 Å². The standard InChI is InChI=1S/C15H21N3O/c1-9(2)16-14-17-13(19)15(5,18-14)12-7-6-10(3)8-11(12)4/h6-9H,1-5H3,(H2,16,17,18,19). The molecule has 0 bridgehead atoms. The van der Waals surface area contributed by atoms with Crippen molar-refractivity contribution in [3.8, 4) is 0 Å². The van der Waals surface area contributed by atoms with Crippen LogP contribution in [0, 0.1) is 13.8 Å². The minimum Gasteiger partial charge on any atom is -0.338 e. The van der Waals surface area contributed by atoms with Gasteiger partial charge < -0.3 is 5.32 Å². The molecule has 1 aromatic rings. The molecule has 0 spiro atoms. The van der Waals surface area contributed by atoms with Crippen LogP contribution in [0.4, 0.5) is 0 Å². The van der Waals surface area contributed by atoms with E-state index in [0.717, 1.165) is 11.1 Å². The van der Waals surface area contributed by atoms with Gasteiger partial charge in [-0.2, -0.15) is 0 Å². The van der Waals surface area contributed by atoms with Crippen LogP contribution < -0.4 is 10.6 Å². The van der Waals surface area contributed by atoms with Crippen molar-refractivity contribution in [1.82, 2.24) is 10.6 Å². The number of nitrogens with zero attached hydrogens (tertiary/aromatic N) is 1. The molecule has 1 aromatic carbocycles. The van der Waals surface area contributed by atoms with Gasteiger partial charge in [-0.25, -0.2) is 0 Å². The molecule has 1 unspecified atom stereocenters. The summed E-state index contributed by atoms with van der Waals surface area (Å²) in [4.78, 5) is 16.6. The maximum Gasteiger partial charge on any atom is 0.256 e. The molecule has 2 rings (SSSR count). The molecular weight excluding hydrogens is 238 g/mol. The molecule has 0 radical (unpaired) electrons. The van der Waals surface area contributed by atoms with Crippen molar-refractivity contribution in [3.05, 3.63) is 34.9 Å². The van der Waals surface area contributed by atoms with Gasteiger partial charge in [0.05, 0.1) is 0 Å². The molecule has 102 valence electrons. The number of aryl methyl sites for hydroxylation is 2. The van der Waals surface area contributed by atoms with Crippen LogP contribution in [0.5, 0.6) is 0 Å².